The summed E-state index contributed by atoms with van der Waals surface area (Å²) >= 11 is 0. The Morgan fingerprint density at radius 2 is 1.65 bits per heavy atom. The Balaban J connectivity index is 1.52. The molecule has 2 aromatic carbocycles. The Hall–Kier alpha value is -2.86. The van der Waals surface area contributed by atoms with E-state index in [4.69, 9.17) is 0 Å². The van der Waals surface area contributed by atoms with E-state index in [0.29, 0.717) is 32.6 Å². The summed E-state index contributed by atoms with van der Waals surface area (Å²) in [6.07, 6.45) is 3.06. The zero-order valence-electron chi connectivity index (χ0n) is 18.2. The highest BCUT2D eigenvalue weighted by atomic mass is 16.2. The van der Waals surface area contributed by atoms with Gasteiger partial charge in [-0.1, -0.05) is 67.6 Å². The Labute approximate surface area is 184 Å². The molecule has 2 aromatic rings. The number of benzene rings is 2. The van der Waals surface area contributed by atoms with Crippen LogP contribution in [0.15, 0.2) is 60.7 Å². The predicted molar refractivity (Wildman–Crippen MR) is 121 cm³/mol. The molecule has 2 aliphatic heterocycles. The zero-order chi connectivity index (χ0) is 21.7. The average Bonchev–Trinajstić information content (AvgIpc) is 3.04. The number of hydrogen-bond donors (Lipinski definition) is 2. The van der Waals surface area contributed by atoms with Crippen LogP contribution in [0.2, 0.25) is 0 Å². The van der Waals surface area contributed by atoms with E-state index in [-0.39, 0.29) is 18.0 Å². The summed E-state index contributed by atoms with van der Waals surface area (Å²) in [6.45, 7) is 4.60. The number of amides is 3. The average molecular weight is 421 g/mol. The van der Waals surface area contributed by atoms with Crippen molar-refractivity contribution >= 4 is 11.9 Å². The minimum atomic E-state index is -0.409. The first-order valence-corrected chi connectivity index (χ1v) is 11.3. The van der Waals surface area contributed by atoms with Gasteiger partial charge in [-0.25, -0.2) is 4.79 Å². The van der Waals surface area contributed by atoms with Gasteiger partial charge in [0.2, 0.25) is 5.91 Å². The van der Waals surface area contributed by atoms with Crippen LogP contribution in [0.25, 0.3) is 0 Å². The van der Waals surface area contributed by atoms with Crippen LogP contribution in [0.4, 0.5) is 4.79 Å². The number of hydrogen-bond acceptors (Lipinski definition) is 3. The molecule has 0 aliphatic carbocycles. The molecule has 0 aromatic heterocycles. The first-order chi connectivity index (χ1) is 15.1. The van der Waals surface area contributed by atoms with Gasteiger partial charge in [-0.05, 0) is 24.0 Å². The molecule has 0 bridgehead atoms. The van der Waals surface area contributed by atoms with Crippen LogP contribution < -0.4 is 10.6 Å². The van der Waals surface area contributed by atoms with Gasteiger partial charge in [-0.15, -0.1) is 0 Å². The van der Waals surface area contributed by atoms with Crippen molar-refractivity contribution in [3.63, 3.8) is 0 Å². The van der Waals surface area contributed by atoms with Gasteiger partial charge in [0.15, 0.2) is 0 Å². The van der Waals surface area contributed by atoms with Crippen LogP contribution >= 0.6 is 0 Å². The lowest BCUT2D eigenvalue weighted by Gasteiger charge is -2.44. The Bertz CT molecular complexity index is 879. The van der Waals surface area contributed by atoms with Gasteiger partial charge in [0.05, 0.1) is 11.7 Å². The Kier molecular flexibility index (Phi) is 6.56. The lowest BCUT2D eigenvalue weighted by atomic mass is 9.95. The summed E-state index contributed by atoms with van der Waals surface area (Å²) in [5.74, 6) is 0.150. The van der Waals surface area contributed by atoms with E-state index in [0.717, 1.165) is 30.4 Å². The topological polar surface area (TPSA) is 64.7 Å². The quantitative estimate of drug-likeness (QED) is 0.755. The summed E-state index contributed by atoms with van der Waals surface area (Å²) in [6, 6.07) is 20.1. The molecular weight excluding hydrogens is 388 g/mol. The Morgan fingerprint density at radius 3 is 2.26 bits per heavy atom. The molecule has 164 valence electrons. The molecule has 2 saturated heterocycles. The summed E-state index contributed by atoms with van der Waals surface area (Å²) in [5.41, 5.74) is 1.87. The first kappa shape index (κ1) is 21.4. The van der Waals surface area contributed by atoms with Crippen LogP contribution in [0.5, 0.6) is 0 Å². The molecule has 0 unspecified atom stereocenters. The van der Waals surface area contributed by atoms with Crippen LogP contribution in [-0.4, -0.2) is 53.1 Å². The minimum Gasteiger partial charge on any atom is -0.338 e. The molecule has 3 amide bonds. The first-order valence-electron chi connectivity index (χ1n) is 11.3. The summed E-state index contributed by atoms with van der Waals surface area (Å²) in [5, 5.41) is 6.66. The third kappa shape index (κ3) is 4.74. The second kappa shape index (κ2) is 9.52. The number of carbonyl (C=O) groups excluding carboxylic acids is 2. The number of nitrogens with one attached hydrogen (secondary N) is 2. The minimum absolute atomic E-state index is 0.00327. The molecule has 0 saturated carbocycles. The van der Waals surface area contributed by atoms with E-state index in [1.807, 2.05) is 53.1 Å². The largest absolute Gasteiger partial charge is 0.338 e. The van der Waals surface area contributed by atoms with Crippen molar-refractivity contribution in [3.05, 3.63) is 71.8 Å². The van der Waals surface area contributed by atoms with Gasteiger partial charge >= 0.3 is 6.03 Å². The molecule has 6 nitrogen and oxygen atoms in total. The number of urea groups is 1. The molecule has 31 heavy (non-hydrogen) atoms. The molecule has 2 aliphatic rings. The highest BCUT2D eigenvalue weighted by Gasteiger charge is 2.51. The van der Waals surface area contributed by atoms with E-state index in [1.54, 1.807) is 0 Å². The highest BCUT2D eigenvalue weighted by molar-refractivity contribution is 5.85. The van der Waals surface area contributed by atoms with Crippen molar-refractivity contribution in [1.82, 2.24) is 20.4 Å². The number of carbonyl (C=O) groups is 2. The fourth-order valence-electron chi connectivity index (χ4n) is 4.68. The Morgan fingerprint density at radius 1 is 1.03 bits per heavy atom. The van der Waals surface area contributed by atoms with E-state index in [1.165, 1.54) is 0 Å². The molecule has 4 rings (SSSR count). The molecule has 1 spiro atoms. The standard InChI is InChI=1S/C25H32N4O2/c1-2-15-26-24(31)28-16-13-25(14-17-28)27-22(18-20-9-5-3-6-10-20)23(30)29(25)19-21-11-7-4-8-12-21/h3-12,22,27H,2,13-19H2,1H3,(H,26,31)/t22-/m0/s1. The second-order valence-corrected chi connectivity index (χ2v) is 8.55. The fraction of sp³-hybridized carbons (Fsp3) is 0.440. The SMILES string of the molecule is CCCNC(=O)N1CCC2(CC1)N[C@@H](Cc1ccccc1)C(=O)N2Cc1ccccc1. The fourth-order valence-corrected chi connectivity index (χ4v) is 4.68. The molecule has 2 N–H and O–H groups in total. The highest BCUT2D eigenvalue weighted by Crippen LogP contribution is 2.34. The zero-order valence-corrected chi connectivity index (χ0v) is 18.2. The number of piperidine rings is 1. The molecule has 6 heteroatoms. The van der Waals surface area contributed by atoms with Crippen molar-refractivity contribution in [2.45, 2.75) is 50.9 Å². The summed E-state index contributed by atoms with van der Waals surface area (Å²) in [4.78, 5) is 29.8. The van der Waals surface area contributed by atoms with Gasteiger partial charge in [-0.3, -0.25) is 10.1 Å². The van der Waals surface area contributed by atoms with Gasteiger partial charge in [-0.2, -0.15) is 0 Å². The predicted octanol–water partition coefficient (Wildman–Crippen LogP) is 3.14. The van der Waals surface area contributed by atoms with Crippen LogP contribution in [0, 0.1) is 0 Å². The van der Waals surface area contributed by atoms with Gasteiger partial charge < -0.3 is 15.1 Å². The maximum Gasteiger partial charge on any atom is 0.317 e. The number of nitrogens with zero attached hydrogens (tertiary/aromatic N) is 2. The van der Waals surface area contributed by atoms with Crippen molar-refractivity contribution in [3.8, 4) is 0 Å². The van der Waals surface area contributed by atoms with Gasteiger partial charge in [0.1, 0.15) is 0 Å². The second-order valence-electron chi connectivity index (χ2n) is 8.55. The van der Waals surface area contributed by atoms with E-state index in [2.05, 4.69) is 34.9 Å². The molecular formula is C25H32N4O2. The van der Waals surface area contributed by atoms with Crippen molar-refractivity contribution in [2.75, 3.05) is 19.6 Å². The van der Waals surface area contributed by atoms with Crippen LogP contribution in [-0.2, 0) is 17.8 Å². The summed E-state index contributed by atoms with van der Waals surface area (Å²) in [7, 11) is 0. The maximum atomic E-state index is 13.5. The molecule has 1 atom stereocenters. The lowest BCUT2D eigenvalue weighted by Crippen LogP contribution is -2.60. The third-order valence-corrected chi connectivity index (χ3v) is 6.39. The van der Waals surface area contributed by atoms with Gasteiger partial charge in [0, 0.05) is 39.0 Å². The van der Waals surface area contributed by atoms with E-state index >= 15 is 0 Å². The molecule has 0 radical (unpaired) electrons. The van der Waals surface area contributed by atoms with Crippen molar-refractivity contribution in [1.29, 1.82) is 0 Å². The lowest BCUT2D eigenvalue weighted by molar-refractivity contribution is -0.134. The number of rotatable bonds is 6. The van der Waals surface area contributed by atoms with Gasteiger partial charge in [0.25, 0.3) is 0 Å². The summed E-state index contributed by atoms with van der Waals surface area (Å²) < 4.78 is 0. The normalized spacial score (nSPS) is 20.3. The van der Waals surface area contributed by atoms with E-state index in [9.17, 15) is 9.59 Å². The smallest absolute Gasteiger partial charge is 0.317 e. The van der Waals surface area contributed by atoms with E-state index < -0.39 is 5.66 Å². The van der Waals surface area contributed by atoms with Crippen LogP contribution in [0.1, 0.15) is 37.3 Å². The van der Waals surface area contributed by atoms with Crippen molar-refractivity contribution in [2.24, 2.45) is 0 Å². The molecule has 2 fully saturated rings. The molecule has 2 heterocycles. The van der Waals surface area contributed by atoms with Crippen molar-refractivity contribution < 1.29 is 9.59 Å². The van der Waals surface area contributed by atoms with Crippen LogP contribution in [0.3, 0.4) is 0 Å². The number of likely N-dealkylation sites (tertiary alicyclic amines) is 1. The third-order valence-electron chi connectivity index (χ3n) is 6.39. The maximum absolute atomic E-state index is 13.5. The monoisotopic (exact) mass is 420 g/mol.